The summed E-state index contributed by atoms with van der Waals surface area (Å²) < 4.78 is 0. The Morgan fingerprint density at radius 1 is 1.27 bits per heavy atom. The molecule has 0 saturated heterocycles. The van der Waals surface area contributed by atoms with Crippen LogP contribution >= 0.6 is 0 Å². The fraction of sp³-hybridized carbons (Fsp3) is 0.273. The van der Waals surface area contributed by atoms with Crippen LogP contribution in [0, 0.1) is 13.8 Å². The fourth-order valence-corrected chi connectivity index (χ4v) is 1.21. The first-order chi connectivity index (χ1) is 5.13. The first-order valence-electron chi connectivity index (χ1n) is 3.85. The van der Waals surface area contributed by atoms with Crippen molar-refractivity contribution in [2.45, 2.75) is 20.8 Å². The van der Waals surface area contributed by atoms with Crippen molar-refractivity contribution in [1.82, 2.24) is 0 Å². The molecule has 1 rings (SSSR count). The lowest BCUT2D eigenvalue weighted by Crippen LogP contribution is -1.87. The lowest BCUT2D eigenvalue weighted by atomic mass is 9.99. The van der Waals surface area contributed by atoms with Gasteiger partial charge in [0.1, 0.15) is 0 Å². The smallest absolute Gasteiger partial charge is 0.0201 e. The van der Waals surface area contributed by atoms with Crippen molar-refractivity contribution in [3.63, 3.8) is 0 Å². The van der Waals surface area contributed by atoms with Gasteiger partial charge in [-0.1, -0.05) is 30.4 Å². The van der Waals surface area contributed by atoms with Crippen molar-refractivity contribution in [3.05, 3.63) is 41.5 Å². The van der Waals surface area contributed by atoms with Crippen LogP contribution in [0.1, 0.15) is 23.6 Å². The van der Waals surface area contributed by atoms with E-state index < -0.39 is 0 Å². The molecule has 0 amide bonds. The van der Waals surface area contributed by atoms with Gasteiger partial charge in [0, 0.05) is 0 Å². The molecule has 0 N–H and O–H groups in total. The number of benzene rings is 1. The highest BCUT2D eigenvalue weighted by Gasteiger charge is 1.99. The zero-order valence-corrected chi connectivity index (χ0v) is 7.44. The van der Waals surface area contributed by atoms with E-state index in [0.717, 1.165) is 5.57 Å². The SMILES string of the molecule is C=C(C)c1cccc(C)c1C. The van der Waals surface area contributed by atoms with E-state index in [1.165, 1.54) is 16.7 Å². The zero-order chi connectivity index (χ0) is 8.43. The maximum Gasteiger partial charge on any atom is -0.0201 e. The Balaban J connectivity index is 3.27. The summed E-state index contributed by atoms with van der Waals surface area (Å²) in [6, 6.07) is 6.32. The van der Waals surface area contributed by atoms with Gasteiger partial charge < -0.3 is 0 Å². The predicted octanol–water partition coefficient (Wildman–Crippen LogP) is 3.34. The molecule has 0 spiro atoms. The van der Waals surface area contributed by atoms with Gasteiger partial charge in [0.2, 0.25) is 0 Å². The number of rotatable bonds is 1. The molecule has 0 fully saturated rings. The van der Waals surface area contributed by atoms with Gasteiger partial charge in [-0.05, 0) is 37.5 Å². The Morgan fingerprint density at radius 3 is 2.36 bits per heavy atom. The van der Waals surface area contributed by atoms with Crippen molar-refractivity contribution in [2.75, 3.05) is 0 Å². The van der Waals surface area contributed by atoms with E-state index >= 15 is 0 Å². The molecule has 0 aliphatic heterocycles. The highest BCUT2D eigenvalue weighted by atomic mass is 14.0. The third kappa shape index (κ3) is 1.51. The Morgan fingerprint density at radius 2 is 1.91 bits per heavy atom. The normalized spacial score (nSPS) is 9.73. The third-order valence-electron chi connectivity index (χ3n) is 2.06. The van der Waals surface area contributed by atoms with Crippen molar-refractivity contribution < 1.29 is 0 Å². The molecule has 0 radical (unpaired) electrons. The van der Waals surface area contributed by atoms with Gasteiger partial charge >= 0.3 is 0 Å². The molecule has 11 heavy (non-hydrogen) atoms. The van der Waals surface area contributed by atoms with E-state index in [0.29, 0.717) is 0 Å². The Hall–Kier alpha value is -1.04. The average Bonchev–Trinajstić information content (AvgIpc) is 1.94. The monoisotopic (exact) mass is 146 g/mol. The summed E-state index contributed by atoms with van der Waals surface area (Å²) in [5.41, 5.74) is 5.11. The van der Waals surface area contributed by atoms with Crippen LogP contribution in [0.3, 0.4) is 0 Å². The summed E-state index contributed by atoms with van der Waals surface area (Å²) in [6.07, 6.45) is 0. The first kappa shape index (κ1) is 8.06. The summed E-state index contributed by atoms with van der Waals surface area (Å²) in [4.78, 5) is 0. The summed E-state index contributed by atoms with van der Waals surface area (Å²) >= 11 is 0. The molecular formula is C11H14. The maximum absolute atomic E-state index is 3.93. The molecule has 0 bridgehead atoms. The van der Waals surface area contributed by atoms with Crippen molar-refractivity contribution >= 4 is 5.57 Å². The minimum atomic E-state index is 1.14. The molecule has 1 aromatic rings. The second-order valence-corrected chi connectivity index (χ2v) is 3.03. The second-order valence-electron chi connectivity index (χ2n) is 3.03. The Labute approximate surface area is 68.6 Å². The minimum Gasteiger partial charge on any atom is -0.0955 e. The second kappa shape index (κ2) is 2.91. The van der Waals surface area contributed by atoms with Crippen LogP contribution in [0.25, 0.3) is 5.57 Å². The fourth-order valence-electron chi connectivity index (χ4n) is 1.21. The predicted molar refractivity (Wildman–Crippen MR) is 50.6 cm³/mol. The van der Waals surface area contributed by atoms with Crippen molar-refractivity contribution in [3.8, 4) is 0 Å². The van der Waals surface area contributed by atoms with E-state index in [2.05, 4.69) is 38.6 Å². The lowest BCUT2D eigenvalue weighted by molar-refractivity contribution is 1.31. The molecule has 58 valence electrons. The molecular weight excluding hydrogens is 132 g/mol. The maximum atomic E-state index is 3.93. The highest BCUT2D eigenvalue weighted by molar-refractivity contribution is 5.65. The van der Waals surface area contributed by atoms with Gasteiger partial charge in [0.05, 0.1) is 0 Å². The van der Waals surface area contributed by atoms with E-state index in [9.17, 15) is 0 Å². The quantitative estimate of drug-likeness (QED) is 0.570. The molecule has 1 aromatic carbocycles. The molecule has 0 nitrogen and oxygen atoms in total. The molecule has 0 aliphatic carbocycles. The number of aryl methyl sites for hydroxylation is 1. The summed E-state index contributed by atoms with van der Waals surface area (Å²) in [7, 11) is 0. The molecule has 0 heterocycles. The highest BCUT2D eigenvalue weighted by Crippen LogP contribution is 2.18. The molecule has 0 aliphatic rings. The van der Waals surface area contributed by atoms with E-state index in [1.807, 2.05) is 6.92 Å². The molecule has 0 aromatic heterocycles. The van der Waals surface area contributed by atoms with Crippen LogP contribution < -0.4 is 0 Å². The van der Waals surface area contributed by atoms with E-state index in [-0.39, 0.29) is 0 Å². The van der Waals surface area contributed by atoms with Gasteiger partial charge in [-0.25, -0.2) is 0 Å². The standard InChI is InChI=1S/C11H14/c1-8(2)11-7-5-6-9(3)10(11)4/h5-7H,1H2,2-4H3. The van der Waals surface area contributed by atoms with Gasteiger partial charge in [0.15, 0.2) is 0 Å². The third-order valence-corrected chi connectivity index (χ3v) is 2.06. The van der Waals surface area contributed by atoms with Crippen LogP contribution in [0.2, 0.25) is 0 Å². The Bertz CT molecular complexity index is 282. The van der Waals surface area contributed by atoms with Crippen LogP contribution in [0.15, 0.2) is 24.8 Å². The summed E-state index contributed by atoms with van der Waals surface area (Å²) in [5, 5.41) is 0. The number of hydrogen-bond donors (Lipinski definition) is 0. The van der Waals surface area contributed by atoms with Gasteiger partial charge in [-0.15, -0.1) is 0 Å². The van der Waals surface area contributed by atoms with Crippen LogP contribution in [-0.2, 0) is 0 Å². The molecule has 0 heteroatoms. The Kier molecular flexibility index (Phi) is 2.13. The zero-order valence-electron chi connectivity index (χ0n) is 7.44. The topological polar surface area (TPSA) is 0 Å². The number of allylic oxidation sites excluding steroid dienone is 1. The number of hydrogen-bond acceptors (Lipinski definition) is 0. The first-order valence-corrected chi connectivity index (χ1v) is 3.85. The van der Waals surface area contributed by atoms with Gasteiger partial charge in [-0.3, -0.25) is 0 Å². The van der Waals surface area contributed by atoms with E-state index in [4.69, 9.17) is 0 Å². The van der Waals surface area contributed by atoms with Crippen LogP contribution in [0.5, 0.6) is 0 Å². The van der Waals surface area contributed by atoms with Crippen LogP contribution in [-0.4, -0.2) is 0 Å². The van der Waals surface area contributed by atoms with E-state index in [1.54, 1.807) is 0 Å². The average molecular weight is 146 g/mol. The van der Waals surface area contributed by atoms with Crippen LogP contribution in [0.4, 0.5) is 0 Å². The molecule has 0 atom stereocenters. The largest absolute Gasteiger partial charge is 0.0955 e. The summed E-state index contributed by atoms with van der Waals surface area (Å²) in [6.45, 7) is 10.2. The minimum absolute atomic E-state index is 1.14. The lowest BCUT2D eigenvalue weighted by Gasteiger charge is -2.06. The molecule has 0 unspecified atom stereocenters. The van der Waals surface area contributed by atoms with Crippen molar-refractivity contribution in [1.29, 1.82) is 0 Å². The summed E-state index contributed by atoms with van der Waals surface area (Å²) in [5.74, 6) is 0. The molecule has 0 saturated carbocycles. The van der Waals surface area contributed by atoms with Gasteiger partial charge in [0.25, 0.3) is 0 Å². The van der Waals surface area contributed by atoms with Crippen molar-refractivity contribution in [2.24, 2.45) is 0 Å². The van der Waals surface area contributed by atoms with Gasteiger partial charge in [-0.2, -0.15) is 0 Å².